The maximum Gasteiger partial charge on any atom is 0.269 e. The second-order valence-electron chi connectivity index (χ2n) is 8.16. The Kier molecular flexibility index (Phi) is 7.29. The normalized spacial score (nSPS) is 11.6. The number of halogens is 3. The molecule has 4 rings (SSSR count). The molecule has 15 heteroatoms. The number of non-ortho nitro benzene ring substituents is 1. The molecule has 0 bridgehead atoms. The monoisotopic (exact) mass is 565 g/mol. The lowest BCUT2D eigenvalue weighted by Gasteiger charge is -2.12. The first-order valence-corrected chi connectivity index (χ1v) is 13.0. The van der Waals surface area contributed by atoms with Crippen molar-refractivity contribution < 1.29 is 26.9 Å². The summed E-state index contributed by atoms with van der Waals surface area (Å²) in [7, 11) is -3.95. The Morgan fingerprint density at radius 2 is 1.89 bits per heavy atom. The van der Waals surface area contributed by atoms with Crippen LogP contribution in [0.1, 0.15) is 34.8 Å². The van der Waals surface area contributed by atoms with Crippen LogP contribution in [0.4, 0.5) is 20.2 Å². The number of benzene rings is 2. The largest absolute Gasteiger partial charge is 0.345 e. The smallest absolute Gasteiger partial charge is 0.269 e. The third-order valence-electron chi connectivity index (χ3n) is 5.53. The topological polar surface area (TPSA) is 157 Å². The molecule has 2 aromatic heterocycles. The van der Waals surface area contributed by atoms with E-state index in [0.29, 0.717) is 5.56 Å². The lowest BCUT2D eigenvalue weighted by Crippen LogP contribution is -2.24. The molecule has 0 aliphatic heterocycles. The Bertz CT molecular complexity index is 1750. The van der Waals surface area contributed by atoms with Gasteiger partial charge in [-0.1, -0.05) is 19.1 Å². The standard InChI is InChI=1S/C23H18ClF2N5O6S/c1-2-9-38(36,37)29-16-8-7-15(25)18(19(16)26)20(32)14-10-27-21-17(14)22(33)30(23(24)28-21)11-12-3-5-13(6-4-12)31(34)35/h3-8,10,27,29H,2,9,11H2,1H3. The Morgan fingerprint density at radius 3 is 2.53 bits per heavy atom. The molecule has 0 saturated carbocycles. The van der Waals surface area contributed by atoms with Crippen LogP contribution in [0.3, 0.4) is 0 Å². The Labute approximate surface area is 218 Å². The quantitative estimate of drug-likeness (QED) is 0.134. The molecule has 2 heterocycles. The SMILES string of the molecule is CCCS(=O)(=O)Nc1ccc(F)c(C(=O)c2c[nH]c3nc(Cl)n(Cc4ccc([N+](=O)[O-])cc4)c(=O)c23)c1F. The minimum absolute atomic E-state index is 0.121. The molecular weight excluding hydrogens is 548 g/mol. The van der Waals surface area contributed by atoms with E-state index in [1.54, 1.807) is 6.92 Å². The van der Waals surface area contributed by atoms with Gasteiger partial charge in [0, 0.05) is 18.3 Å². The molecule has 0 fully saturated rings. The molecule has 2 aromatic carbocycles. The predicted octanol–water partition coefficient (Wildman–Crippen LogP) is 4.00. The average molecular weight is 566 g/mol. The first-order valence-electron chi connectivity index (χ1n) is 11.0. The van der Waals surface area contributed by atoms with Gasteiger partial charge in [-0.05, 0) is 35.7 Å². The summed E-state index contributed by atoms with van der Waals surface area (Å²) >= 11 is 6.16. The molecule has 0 radical (unpaired) electrons. The van der Waals surface area contributed by atoms with Crippen molar-refractivity contribution in [1.29, 1.82) is 0 Å². The van der Waals surface area contributed by atoms with Crippen LogP contribution in [-0.4, -0.2) is 39.4 Å². The molecule has 0 aliphatic carbocycles. The number of anilines is 1. The number of aromatic amines is 1. The number of nitrogens with one attached hydrogen (secondary N) is 2. The van der Waals surface area contributed by atoms with Gasteiger partial charge in [-0.2, -0.15) is 0 Å². The van der Waals surface area contributed by atoms with E-state index in [4.69, 9.17) is 11.6 Å². The summed E-state index contributed by atoms with van der Waals surface area (Å²) in [6, 6.07) is 6.87. The summed E-state index contributed by atoms with van der Waals surface area (Å²) in [5, 5.41) is 10.3. The zero-order chi connectivity index (χ0) is 27.8. The minimum Gasteiger partial charge on any atom is -0.345 e. The average Bonchev–Trinajstić information content (AvgIpc) is 3.27. The summed E-state index contributed by atoms with van der Waals surface area (Å²) in [6.07, 6.45) is 1.28. The number of sulfonamides is 1. The summed E-state index contributed by atoms with van der Waals surface area (Å²) in [4.78, 5) is 43.5. The van der Waals surface area contributed by atoms with Gasteiger partial charge in [-0.15, -0.1) is 0 Å². The van der Waals surface area contributed by atoms with Gasteiger partial charge in [0.2, 0.25) is 21.1 Å². The summed E-state index contributed by atoms with van der Waals surface area (Å²) in [5.41, 5.74) is -2.76. The van der Waals surface area contributed by atoms with Crippen LogP contribution in [0.5, 0.6) is 0 Å². The second kappa shape index (κ2) is 10.3. The van der Waals surface area contributed by atoms with E-state index in [0.717, 1.165) is 22.9 Å². The van der Waals surface area contributed by atoms with Crippen molar-refractivity contribution in [3.05, 3.63) is 96.7 Å². The van der Waals surface area contributed by atoms with Crippen LogP contribution in [-0.2, 0) is 16.6 Å². The van der Waals surface area contributed by atoms with E-state index >= 15 is 4.39 Å². The van der Waals surface area contributed by atoms with Gasteiger partial charge in [-0.3, -0.25) is 29.0 Å². The van der Waals surface area contributed by atoms with Gasteiger partial charge in [0.15, 0.2) is 5.82 Å². The number of nitrogens with zero attached hydrogens (tertiary/aromatic N) is 3. The van der Waals surface area contributed by atoms with Crippen molar-refractivity contribution in [3.63, 3.8) is 0 Å². The van der Waals surface area contributed by atoms with Gasteiger partial charge >= 0.3 is 0 Å². The van der Waals surface area contributed by atoms with Gasteiger partial charge in [0.25, 0.3) is 11.2 Å². The van der Waals surface area contributed by atoms with E-state index in [2.05, 4.69) is 9.97 Å². The number of carbonyl (C=O) groups is 1. The molecule has 0 saturated heterocycles. The molecule has 0 amide bonds. The number of fused-ring (bicyclic) bond motifs is 1. The zero-order valence-electron chi connectivity index (χ0n) is 19.5. The zero-order valence-corrected chi connectivity index (χ0v) is 21.1. The second-order valence-corrected chi connectivity index (χ2v) is 10.3. The first kappa shape index (κ1) is 26.9. The number of aromatic nitrogens is 3. The third-order valence-corrected chi connectivity index (χ3v) is 7.30. The number of H-pyrrole nitrogens is 1. The lowest BCUT2D eigenvalue weighted by atomic mass is 10.0. The van der Waals surface area contributed by atoms with Gasteiger partial charge < -0.3 is 4.98 Å². The highest BCUT2D eigenvalue weighted by Crippen LogP contribution is 2.27. The molecule has 198 valence electrons. The molecule has 38 heavy (non-hydrogen) atoms. The Balaban J connectivity index is 1.78. The van der Waals surface area contributed by atoms with Crippen LogP contribution in [0.15, 0.2) is 47.4 Å². The van der Waals surface area contributed by atoms with Crippen molar-refractivity contribution >= 4 is 49.8 Å². The Morgan fingerprint density at radius 1 is 1.21 bits per heavy atom. The van der Waals surface area contributed by atoms with Gasteiger partial charge in [0.05, 0.1) is 39.4 Å². The molecule has 0 unspecified atom stereocenters. The fourth-order valence-corrected chi connectivity index (χ4v) is 5.12. The number of ketones is 1. The van der Waals surface area contributed by atoms with E-state index < -0.39 is 54.7 Å². The van der Waals surface area contributed by atoms with Crippen molar-refractivity contribution in [2.45, 2.75) is 19.9 Å². The van der Waals surface area contributed by atoms with Crippen molar-refractivity contribution in [2.24, 2.45) is 0 Å². The Hall–Kier alpha value is -4.17. The molecule has 0 spiro atoms. The number of nitro benzene ring substituents is 1. The molecule has 4 aromatic rings. The molecule has 0 aliphatic rings. The van der Waals surface area contributed by atoms with E-state index in [9.17, 15) is 32.5 Å². The lowest BCUT2D eigenvalue weighted by molar-refractivity contribution is -0.384. The fourth-order valence-electron chi connectivity index (χ4n) is 3.77. The van der Waals surface area contributed by atoms with Gasteiger partial charge in [-0.25, -0.2) is 22.2 Å². The molecule has 2 N–H and O–H groups in total. The maximum absolute atomic E-state index is 15.2. The van der Waals surface area contributed by atoms with E-state index in [1.165, 1.54) is 24.3 Å². The third kappa shape index (κ3) is 5.13. The summed E-state index contributed by atoms with van der Waals surface area (Å²) in [5.74, 6) is -4.27. The summed E-state index contributed by atoms with van der Waals surface area (Å²) < 4.78 is 57.0. The maximum atomic E-state index is 15.2. The van der Waals surface area contributed by atoms with Crippen molar-refractivity contribution in [2.75, 3.05) is 10.5 Å². The predicted molar refractivity (Wildman–Crippen MR) is 135 cm³/mol. The minimum atomic E-state index is -3.95. The highest BCUT2D eigenvalue weighted by Gasteiger charge is 2.27. The number of carbonyl (C=O) groups excluding carboxylic acids is 1. The summed E-state index contributed by atoms with van der Waals surface area (Å²) in [6.45, 7) is 1.43. The number of hydrogen-bond acceptors (Lipinski definition) is 7. The van der Waals surface area contributed by atoms with Crippen LogP contribution >= 0.6 is 11.6 Å². The van der Waals surface area contributed by atoms with Crippen LogP contribution < -0.4 is 10.3 Å². The highest BCUT2D eigenvalue weighted by molar-refractivity contribution is 7.92. The number of hydrogen-bond donors (Lipinski definition) is 2. The first-order chi connectivity index (χ1) is 17.9. The van der Waals surface area contributed by atoms with Crippen molar-refractivity contribution in [3.8, 4) is 0 Å². The molecular formula is C23H18ClF2N5O6S. The van der Waals surface area contributed by atoms with Gasteiger partial charge in [0.1, 0.15) is 11.5 Å². The van der Waals surface area contributed by atoms with Crippen LogP contribution in [0.2, 0.25) is 5.28 Å². The van der Waals surface area contributed by atoms with E-state index in [1.807, 2.05) is 4.72 Å². The van der Waals surface area contributed by atoms with Crippen molar-refractivity contribution in [1.82, 2.24) is 14.5 Å². The van der Waals surface area contributed by atoms with Crippen LogP contribution in [0, 0.1) is 21.7 Å². The highest BCUT2D eigenvalue weighted by atomic mass is 35.5. The molecule has 0 atom stereocenters. The number of nitro groups is 1. The number of rotatable bonds is 9. The fraction of sp³-hybridized carbons (Fsp3) is 0.174. The van der Waals surface area contributed by atoms with E-state index in [-0.39, 0.29) is 40.7 Å². The molecule has 11 nitrogen and oxygen atoms in total. The van der Waals surface area contributed by atoms with Crippen LogP contribution in [0.25, 0.3) is 11.0 Å².